The molecule has 102 valence electrons. The van der Waals surface area contributed by atoms with Crippen LogP contribution in [0, 0.1) is 6.92 Å². The standard InChI is InChI=1S/C14H19N3O2/c1-8-6-10-11(15-7-8)17(9(2)12(18)19)13(16-10)14(3,4)5/h6-7,9H,1-5H3,(H,18,19). The first-order valence-electron chi connectivity index (χ1n) is 6.29. The van der Waals surface area contributed by atoms with Crippen molar-refractivity contribution in [3.8, 4) is 0 Å². The number of nitrogens with zero attached hydrogens (tertiary/aromatic N) is 3. The van der Waals surface area contributed by atoms with Gasteiger partial charge in [-0.15, -0.1) is 0 Å². The van der Waals surface area contributed by atoms with Crippen molar-refractivity contribution in [1.29, 1.82) is 0 Å². The molecule has 1 N–H and O–H groups in total. The molecule has 1 atom stereocenters. The van der Waals surface area contributed by atoms with Crippen molar-refractivity contribution < 1.29 is 9.90 Å². The average molecular weight is 261 g/mol. The summed E-state index contributed by atoms with van der Waals surface area (Å²) in [6, 6.07) is 1.25. The molecule has 1 unspecified atom stereocenters. The summed E-state index contributed by atoms with van der Waals surface area (Å²) in [6.45, 7) is 9.66. The van der Waals surface area contributed by atoms with Gasteiger partial charge >= 0.3 is 5.97 Å². The van der Waals surface area contributed by atoms with Gasteiger partial charge in [0.2, 0.25) is 0 Å². The van der Waals surface area contributed by atoms with Crippen molar-refractivity contribution in [2.75, 3.05) is 0 Å². The van der Waals surface area contributed by atoms with E-state index in [1.165, 1.54) is 0 Å². The van der Waals surface area contributed by atoms with Gasteiger partial charge in [-0.3, -0.25) is 4.57 Å². The van der Waals surface area contributed by atoms with Crippen LogP contribution in [-0.2, 0) is 10.2 Å². The summed E-state index contributed by atoms with van der Waals surface area (Å²) in [5.41, 5.74) is 2.15. The van der Waals surface area contributed by atoms with Gasteiger partial charge in [0.15, 0.2) is 5.65 Å². The van der Waals surface area contributed by atoms with Gasteiger partial charge in [0.05, 0.1) is 0 Å². The van der Waals surface area contributed by atoms with E-state index in [0.717, 1.165) is 16.9 Å². The SMILES string of the molecule is Cc1cnc2c(c1)nc(C(C)(C)C)n2C(C)C(=O)O. The number of hydrogen-bond donors (Lipinski definition) is 1. The number of carbonyl (C=O) groups is 1. The minimum absolute atomic E-state index is 0.238. The monoisotopic (exact) mass is 261 g/mol. The number of carboxylic acid groups (broad SMARTS) is 1. The largest absolute Gasteiger partial charge is 0.480 e. The van der Waals surface area contributed by atoms with Gasteiger partial charge in [0.1, 0.15) is 17.4 Å². The topological polar surface area (TPSA) is 68.0 Å². The lowest BCUT2D eigenvalue weighted by Crippen LogP contribution is -2.25. The number of rotatable bonds is 2. The van der Waals surface area contributed by atoms with E-state index in [1.54, 1.807) is 17.7 Å². The van der Waals surface area contributed by atoms with Gasteiger partial charge in [0, 0.05) is 11.6 Å². The number of carboxylic acids is 1. The van der Waals surface area contributed by atoms with Crippen LogP contribution in [0.4, 0.5) is 0 Å². The Balaban J connectivity index is 2.79. The van der Waals surface area contributed by atoms with Crippen LogP contribution in [0.25, 0.3) is 11.2 Å². The average Bonchev–Trinajstić information content (AvgIpc) is 2.65. The Labute approximate surface area is 112 Å². The first kappa shape index (κ1) is 13.5. The molecule has 0 saturated heterocycles. The van der Waals surface area contributed by atoms with E-state index < -0.39 is 12.0 Å². The first-order valence-corrected chi connectivity index (χ1v) is 6.29. The Morgan fingerprint density at radius 3 is 2.58 bits per heavy atom. The molecule has 0 aliphatic carbocycles. The summed E-state index contributed by atoms with van der Waals surface area (Å²) < 4.78 is 1.72. The van der Waals surface area contributed by atoms with Crippen molar-refractivity contribution in [2.45, 2.75) is 46.1 Å². The normalized spacial score (nSPS) is 13.7. The highest BCUT2D eigenvalue weighted by Crippen LogP contribution is 2.28. The molecule has 2 aromatic rings. The predicted octanol–water partition coefficient (Wildman–Crippen LogP) is 2.68. The fourth-order valence-corrected chi connectivity index (χ4v) is 2.09. The van der Waals surface area contributed by atoms with Gasteiger partial charge in [-0.05, 0) is 25.5 Å². The quantitative estimate of drug-likeness (QED) is 0.902. The Hall–Kier alpha value is -1.91. The Morgan fingerprint density at radius 1 is 1.42 bits per heavy atom. The summed E-state index contributed by atoms with van der Waals surface area (Å²) in [5.74, 6) is -0.136. The third-order valence-corrected chi connectivity index (χ3v) is 3.08. The second kappa shape index (κ2) is 4.33. The van der Waals surface area contributed by atoms with Crippen LogP contribution in [-0.4, -0.2) is 25.6 Å². The number of pyridine rings is 1. The van der Waals surface area contributed by atoms with Gasteiger partial charge in [-0.25, -0.2) is 14.8 Å². The van der Waals surface area contributed by atoms with Crippen LogP contribution in [0.2, 0.25) is 0 Å². The van der Waals surface area contributed by atoms with Crippen LogP contribution in [0.15, 0.2) is 12.3 Å². The number of aromatic nitrogens is 3. The van der Waals surface area contributed by atoms with Crippen molar-refractivity contribution in [1.82, 2.24) is 14.5 Å². The number of aliphatic carboxylic acids is 1. The van der Waals surface area contributed by atoms with Crippen LogP contribution >= 0.6 is 0 Å². The third-order valence-electron chi connectivity index (χ3n) is 3.08. The zero-order chi connectivity index (χ0) is 14.4. The smallest absolute Gasteiger partial charge is 0.326 e. The molecule has 2 aromatic heterocycles. The van der Waals surface area contributed by atoms with Gasteiger partial charge in [-0.1, -0.05) is 20.8 Å². The van der Waals surface area contributed by atoms with E-state index in [4.69, 9.17) is 0 Å². The molecule has 5 heteroatoms. The molecule has 0 aliphatic rings. The fraction of sp³-hybridized carbons (Fsp3) is 0.500. The molecule has 2 rings (SSSR count). The molecule has 2 heterocycles. The molecule has 0 spiro atoms. The molecule has 0 saturated carbocycles. The van der Waals surface area contributed by atoms with Crippen LogP contribution in [0.1, 0.15) is 45.1 Å². The maximum Gasteiger partial charge on any atom is 0.326 e. The van der Waals surface area contributed by atoms with E-state index in [9.17, 15) is 9.90 Å². The molecule has 5 nitrogen and oxygen atoms in total. The predicted molar refractivity (Wildman–Crippen MR) is 73.3 cm³/mol. The summed E-state index contributed by atoms with van der Waals surface area (Å²) >= 11 is 0. The number of fused-ring (bicyclic) bond motifs is 1. The minimum Gasteiger partial charge on any atom is -0.480 e. The van der Waals surface area contributed by atoms with E-state index in [2.05, 4.69) is 9.97 Å². The highest BCUT2D eigenvalue weighted by atomic mass is 16.4. The molecule has 19 heavy (non-hydrogen) atoms. The van der Waals surface area contributed by atoms with Gasteiger partial charge < -0.3 is 5.11 Å². The summed E-state index contributed by atoms with van der Waals surface area (Å²) in [4.78, 5) is 20.3. The number of aryl methyl sites for hydroxylation is 1. The lowest BCUT2D eigenvalue weighted by molar-refractivity contribution is -0.140. The molecule has 0 radical (unpaired) electrons. The molecule has 0 aliphatic heterocycles. The second-order valence-electron chi connectivity index (χ2n) is 5.93. The molecular formula is C14H19N3O2. The fourth-order valence-electron chi connectivity index (χ4n) is 2.09. The molecular weight excluding hydrogens is 242 g/mol. The van der Waals surface area contributed by atoms with Crippen LogP contribution in [0.3, 0.4) is 0 Å². The van der Waals surface area contributed by atoms with E-state index >= 15 is 0 Å². The number of imidazole rings is 1. The zero-order valence-electron chi connectivity index (χ0n) is 11.9. The molecule has 0 aromatic carbocycles. The Bertz CT molecular complexity index is 638. The van der Waals surface area contributed by atoms with E-state index in [-0.39, 0.29) is 5.41 Å². The summed E-state index contributed by atoms with van der Waals surface area (Å²) in [7, 11) is 0. The summed E-state index contributed by atoms with van der Waals surface area (Å²) in [6.07, 6.45) is 1.74. The first-order chi connectivity index (χ1) is 8.71. The molecule has 0 bridgehead atoms. The van der Waals surface area contributed by atoms with Crippen molar-refractivity contribution in [2.24, 2.45) is 0 Å². The zero-order valence-corrected chi connectivity index (χ0v) is 11.9. The Kier molecular flexibility index (Phi) is 3.08. The summed E-state index contributed by atoms with van der Waals surface area (Å²) in [5, 5.41) is 9.28. The van der Waals surface area contributed by atoms with Gasteiger partial charge in [-0.2, -0.15) is 0 Å². The van der Waals surface area contributed by atoms with Crippen LogP contribution < -0.4 is 0 Å². The highest BCUT2D eigenvalue weighted by Gasteiger charge is 2.28. The van der Waals surface area contributed by atoms with Gasteiger partial charge in [0.25, 0.3) is 0 Å². The molecule has 0 amide bonds. The van der Waals surface area contributed by atoms with Crippen LogP contribution in [0.5, 0.6) is 0 Å². The Morgan fingerprint density at radius 2 is 2.05 bits per heavy atom. The highest BCUT2D eigenvalue weighted by molar-refractivity contribution is 5.78. The minimum atomic E-state index is -0.882. The van der Waals surface area contributed by atoms with E-state index in [1.807, 2.05) is 33.8 Å². The third kappa shape index (κ3) is 2.32. The lowest BCUT2D eigenvalue weighted by Gasteiger charge is -2.22. The second-order valence-corrected chi connectivity index (χ2v) is 5.93. The maximum atomic E-state index is 11.3. The van der Waals surface area contributed by atoms with Crippen molar-refractivity contribution in [3.63, 3.8) is 0 Å². The number of hydrogen-bond acceptors (Lipinski definition) is 3. The van der Waals surface area contributed by atoms with E-state index in [0.29, 0.717) is 5.65 Å². The lowest BCUT2D eigenvalue weighted by atomic mass is 9.95. The molecule has 0 fully saturated rings. The maximum absolute atomic E-state index is 11.3. The van der Waals surface area contributed by atoms with Crippen molar-refractivity contribution in [3.05, 3.63) is 23.7 Å². The van der Waals surface area contributed by atoms with Crippen molar-refractivity contribution >= 4 is 17.1 Å².